The van der Waals surface area contributed by atoms with Gasteiger partial charge in [-0.1, -0.05) is 53.2 Å². The number of nitrogens with zero attached hydrogens (tertiary/aromatic N) is 1. The van der Waals surface area contributed by atoms with Crippen molar-refractivity contribution >= 4 is 57.7 Å². The van der Waals surface area contributed by atoms with Gasteiger partial charge < -0.3 is 9.84 Å². The first kappa shape index (κ1) is 19.5. The van der Waals surface area contributed by atoms with Crippen LogP contribution in [0.25, 0.3) is 6.08 Å². The van der Waals surface area contributed by atoms with Gasteiger partial charge in [0.2, 0.25) is 0 Å². The number of thioether (sulfide) groups is 1. The van der Waals surface area contributed by atoms with Crippen molar-refractivity contribution in [3.8, 4) is 0 Å². The average molecular weight is 420 g/mol. The van der Waals surface area contributed by atoms with Crippen molar-refractivity contribution in [2.45, 2.75) is 6.92 Å². The van der Waals surface area contributed by atoms with Crippen LogP contribution in [0, 0.1) is 0 Å². The molecule has 1 N–H and O–H groups in total. The highest BCUT2D eigenvalue weighted by Crippen LogP contribution is 2.40. The Labute approximate surface area is 171 Å². The van der Waals surface area contributed by atoms with Crippen molar-refractivity contribution in [3.05, 3.63) is 80.4 Å². The van der Waals surface area contributed by atoms with Gasteiger partial charge in [-0.25, -0.2) is 9.79 Å². The first-order valence-electron chi connectivity index (χ1n) is 8.09. The van der Waals surface area contributed by atoms with Crippen molar-refractivity contribution in [1.29, 1.82) is 0 Å². The van der Waals surface area contributed by atoms with Crippen LogP contribution < -0.4 is 0 Å². The van der Waals surface area contributed by atoms with Crippen LogP contribution in [0.2, 0.25) is 10.0 Å². The van der Waals surface area contributed by atoms with Crippen molar-refractivity contribution < 1.29 is 14.6 Å². The molecule has 2 aromatic rings. The Hall–Kier alpha value is -2.21. The number of aliphatic hydroxyl groups excluding tert-OH is 1. The summed E-state index contributed by atoms with van der Waals surface area (Å²) in [5.41, 5.74) is 1.37. The molecule has 27 heavy (non-hydrogen) atoms. The number of esters is 1. The van der Waals surface area contributed by atoms with E-state index in [9.17, 15) is 9.90 Å². The summed E-state index contributed by atoms with van der Waals surface area (Å²) in [6, 6.07) is 14.1. The van der Waals surface area contributed by atoms with E-state index in [2.05, 4.69) is 4.99 Å². The summed E-state index contributed by atoms with van der Waals surface area (Å²) in [6.07, 6.45) is 1.71. The number of halogens is 2. The molecule has 138 valence electrons. The number of hydrogen-bond donors (Lipinski definition) is 1. The molecule has 3 rings (SSSR count). The summed E-state index contributed by atoms with van der Waals surface area (Å²) in [4.78, 5) is 17.3. The van der Waals surface area contributed by atoms with Gasteiger partial charge in [-0.05, 0) is 48.9 Å². The quantitative estimate of drug-likeness (QED) is 0.600. The maximum absolute atomic E-state index is 12.4. The Kier molecular flexibility index (Phi) is 6.26. The summed E-state index contributed by atoms with van der Waals surface area (Å²) < 4.78 is 5.08. The second-order valence-electron chi connectivity index (χ2n) is 5.47. The largest absolute Gasteiger partial charge is 0.506 e. The molecule has 0 fully saturated rings. The van der Waals surface area contributed by atoms with Gasteiger partial charge in [-0.2, -0.15) is 0 Å². The fourth-order valence-corrected chi connectivity index (χ4v) is 3.70. The van der Waals surface area contributed by atoms with Gasteiger partial charge >= 0.3 is 5.97 Å². The maximum Gasteiger partial charge on any atom is 0.344 e. The SMILES string of the molecule is CCOC(=O)C1=C(O)/C(=C\c2ccccc2Cl)SC1=Nc1ccc(Cl)cc1. The molecular weight excluding hydrogens is 405 g/mol. The van der Waals surface area contributed by atoms with Crippen LogP contribution in [0.5, 0.6) is 0 Å². The highest BCUT2D eigenvalue weighted by Gasteiger charge is 2.33. The molecule has 0 unspecified atom stereocenters. The lowest BCUT2D eigenvalue weighted by molar-refractivity contribution is -0.138. The summed E-state index contributed by atoms with van der Waals surface area (Å²) in [5, 5.41) is 12.1. The van der Waals surface area contributed by atoms with Crippen LogP contribution in [-0.2, 0) is 9.53 Å². The predicted octanol–water partition coefficient (Wildman–Crippen LogP) is 6.19. The molecule has 0 radical (unpaired) electrons. The van der Waals surface area contributed by atoms with E-state index < -0.39 is 5.97 Å². The molecule has 0 saturated carbocycles. The van der Waals surface area contributed by atoms with E-state index in [1.807, 2.05) is 18.2 Å². The molecule has 1 heterocycles. The zero-order valence-electron chi connectivity index (χ0n) is 14.3. The van der Waals surface area contributed by atoms with E-state index in [4.69, 9.17) is 27.9 Å². The highest BCUT2D eigenvalue weighted by molar-refractivity contribution is 8.18. The topological polar surface area (TPSA) is 58.9 Å². The third-order valence-electron chi connectivity index (χ3n) is 3.62. The lowest BCUT2D eigenvalue weighted by atomic mass is 10.1. The van der Waals surface area contributed by atoms with Crippen LogP contribution in [-0.4, -0.2) is 22.7 Å². The standard InChI is InChI=1S/C20H15Cl2NO3S/c1-2-26-20(25)17-18(24)16(11-12-5-3-4-6-15(12)22)27-19(17)23-14-9-7-13(21)8-10-14/h3-11,24H,2H2,1H3/b16-11+,23-19?. The number of rotatable bonds is 4. The molecule has 0 amide bonds. The molecule has 0 aliphatic carbocycles. The monoisotopic (exact) mass is 419 g/mol. The van der Waals surface area contributed by atoms with E-state index in [1.165, 1.54) is 11.8 Å². The number of hydrogen-bond acceptors (Lipinski definition) is 5. The van der Waals surface area contributed by atoms with E-state index in [1.54, 1.807) is 43.3 Å². The first-order chi connectivity index (χ1) is 13.0. The number of carbonyl (C=O) groups excluding carboxylic acids is 1. The van der Waals surface area contributed by atoms with Crippen molar-refractivity contribution in [1.82, 2.24) is 0 Å². The summed E-state index contributed by atoms with van der Waals surface area (Å²) in [5.74, 6) is -0.802. The predicted molar refractivity (Wildman–Crippen MR) is 112 cm³/mol. The van der Waals surface area contributed by atoms with E-state index in [0.29, 0.717) is 25.7 Å². The van der Waals surface area contributed by atoms with Gasteiger partial charge in [0.05, 0.1) is 17.2 Å². The van der Waals surface area contributed by atoms with Gasteiger partial charge in [-0.15, -0.1) is 0 Å². The number of aliphatic imine (C=N–C) groups is 1. The van der Waals surface area contributed by atoms with Crippen molar-refractivity contribution in [3.63, 3.8) is 0 Å². The minimum absolute atomic E-state index is 0.0371. The zero-order valence-corrected chi connectivity index (χ0v) is 16.6. The van der Waals surface area contributed by atoms with Crippen LogP contribution in [0.1, 0.15) is 12.5 Å². The number of carbonyl (C=O) groups is 1. The van der Waals surface area contributed by atoms with Crippen LogP contribution in [0.15, 0.2) is 69.8 Å². The van der Waals surface area contributed by atoms with Crippen LogP contribution in [0.4, 0.5) is 5.69 Å². The molecule has 0 aromatic heterocycles. The maximum atomic E-state index is 12.4. The number of ether oxygens (including phenoxy) is 1. The molecule has 7 heteroatoms. The molecule has 1 aliphatic rings. The molecule has 1 aliphatic heterocycles. The van der Waals surface area contributed by atoms with Crippen molar-refractivity contribution in [2.24, 2.45) is 4.99 Å². The third kappa shape index (κ3) is 4.56. The fourth-order valence-electron chi connectivity index (χ4n) is 2.36. The zero-order chi connectivity index (χ0) is 19.4. The van der Waals surface area contributed by atoms with Crippen molar-refractivity contribution in [2.75, 3.05) is 6.61 Å². The number of benzene rings is 2. The Morgan fingerprint density at radius 1 is 1.19 bits per heavy atom. The third-order valence-corrected chi connectivity index (χ3v) is 5.24. The van der Waals surface area contributed by atoms with E-state index in [-0.39, 0.29) is 17.9 Å². The van der Waals surface area contributed by atoms with E-state index in [0.717, 1.165) is 5.56 Å². The minimum Gasteiger partial charge on any atom is -0.506 e. The van der Waals surface area contributed by atoms with Gasteiger partial charge in [0.1, 0.15) is 16.4 Å². The average Bonchev–Trinajstić information content (AvgIpc) is 2.94. The second kappa shape index (κ2) is 8.65. The molecule has 4 nitrogen and oxygen atoms in total. The first-order valence-corrected chi connectivity index (χ1v) is 9.66. The lowest BCUT2D eigenvalue weighted by Crippen LogP contribution is -2.12. The van der Waals surface area contributed by atoms with E-state index >= 15 is 0 Å². The lowest BCUT2D eigenvalue weighted by Gasteiger charge is -2.03. The van der Waals surface area contributed by atoms with Gasteiger partial charge in [0, 0.05) is 10.0 Å². The summed E-state index contributed by atoms with van der Waals surface area (Å²) in [6.45, 7) is 1.90. The Balaban J connectivity index is 2.05. The molecular formula is C20H15Cl2NO3S. The summed E-state index contributed by atoms with van der Waals surface area (Å²) in [7, 11) is 0. The second-order valence-corrected chi connectivity index (χ2v) is 7.34. The molecule has 0 spiro atoms. The Morgan fingerprint density at radius 2 is 1.89 bits per heavy atom. The molecule has 0 saturated heterocycles. The molecule has 0 bridgehead atoms. The minimum atomic E-state index is -0.627. The van der Waals surface area contributed by atoms with Crippen LogP contribution in [0.3, 0.4) is 0 Å². The highest BCUT2D eigenvalue weighted by atomic mass is 35.5. The smallest absolute Gasteiger partial charge is 0.344 e. The summed E-state index contributed by atoms with van der Waals surface area (Å²) >= 11 is 13.3. The Morgan fingerprint density at radius 3 is 2.56 bits per heavy atom. The number of aliphatic hydroxyl groups is 1. The van der Waals surface area contributed by atoms with Gasteiger partial charge in [0.15, 0.2) is 0 Å². The normalized spacial score (nSPS) is 17.0. The van der Waals surface area contributed by atoms with Gasteiger partial charge in [0.25, 0.3) is 0 Å². The van der Waals surface area contributed by atoms with Crippen LogP contribution >= 0.6 is 35.0 Å². The fraction of sp³-hybridized carbons (Fsp3) is 0.100. The van der Waals surface area contributed by atoms with Gasteiger partial charge in [-0.3, -0.25) is 0 Å². The molecule has 0 atom stereocenters. The Bertz CT molecular complexity index is 965. The molecule has 2 aromatic carbocycles.